The van der Waals surface area contributed by atoms with Crippen LogP contribution in [0.15, 0.2) is 24.3 Å². The molecule has 0 aromatic heterocycles. The van der Waals surface area contributed by atoms with Crippen LogP contribution in [-0.2, 0) is 14.3 Å². The van der Waals surface area contributed by atoms with Gasteiger partial charge in [-0.1, -0.05) is 39.3 Å². The van der Waals surface area contributed by atoms with Gasteiger partial charge in [0, 0.05) is 0 Å². The largest absolute Gasteiger partial charge is 0.484 e. The Hall–Kier alpha value is -2.04. The first kappa shape index (κ1) is 19.0. The lowest BCUT2D eigenvalue weighted by Crippen LogP contribution is -2.53. The zero-order valence-corrected chi connectivity index (χ0v) is 14.6. The number of hydrogen-bond donors (Lipinski definition) is 1. The number of esters is 1. The Morgan fingerprint density at radius 1 is 1.22 bits per heavy atom. The van der Waals surface area contributed by atoms with Crippen molar-refractivity contribution in [1.82, 2.24) is 5.32 Å². The molecule has 1 unspecified atom stereocenters. The van der Waals surface area contributed by atoms with Crippen LogP contribution in [-0.4, -0.2) is 31.1 Å². The van der Waals surface area contributed by atoms with Gasteiger partial charge in [-0.2, -0.15) is 0 Å². The average molecular weight is 321 g/mol. The van der Waals surface area contributed by atoms with Crippen LogP contribution in [0.5, 0.6) is 5.75 Å². The van der Waals surface area contributed by atoms with E-state index in [4.69, 9.17) is 9.47 Å². The van der Waals surface area contributed by atoms with E-state index in [1.165, 1.54) is 12.7 Å². The Bertz CT molecular complexity index is 524. The molecule has 0 radical (unpaired) electrons. The molecule has 0 aliphatic heterocycles. The van der Waals surface area contributed by atoms with Gasteiger partial charge in [0.15, 0.2) is 6.61 Å². The second-order valence-electron chi connectivity index (χ2n) is 6.13. The lowest BCUT2D eigenvalue weighted by molar-refractivity contribution is -0.150. The average Bonchev–Trinajstić information content (AvgIpc) is 2.52. The van der Waals surface area contributed by atoms with Gasteiger partial charge < -0.3 is 14.8 Å². The molecule has 0 aliphatic rings. The first-order valence-electron chi connectivity index (χ1n) is 7.94. The van der Waals surface area contributed by atoms with Gasteiger partial charge in [-0.05, 0) is 37.0 Å². The smallest absolute Gasteiger partial charge is 0.331 e. The van der Waals surface area contributed by atoms with E-state index in [1.807, 2.05) is 31.2 Å². The van der Waals surface area contributed by atoms with Crippen LogP contribution in [0.1, 0.15) is 52.0 Å². The Labute approximate surface area is 138 Å². The first-order valence-corrected chi connectivity index (χ1v) is 7.94. The Balaban J connectivity index is 2.60. The molecule has 23 heavy (non-hydrogen) atoms. The fourth-order valence-corrected chi connectivity index (χ4v) is 2.38. The number of nitrogens with one attached hydrogen (secondary N) is 1. The van der Waals surface area contributed by atoms with E-state index in [2.05, 4.69) is 19.2 Å². The zero-order chi connectivity index (χ0) is 17.5. The third-order valence-electron chi connectivity index (χ3n) is 3.72. The minimum absolute atomic E-state index is 0.142. The van der Waals surface area contributed by atoms with Gasteiger partial charge in [-0.3, -0.25) is 4.79 Å². The maximum atomic E-state index is 12.1. The van der Waals surface area contributed by atoms with Gasteiger partial charge in [0.05, 0.1) is 7.11 Å². The topological polar surface area (TPSA) is 64.6 Å². The number of benzene rings is 1. The van der Waals surface area contributed by atoms with E-state index < -0.39 is 11.5 Å². The Morgan fingerprint density at radius 3 is 2.30 bits per heavy atom. The number of amides is 1. The molecule has 128 valence electrons. The molecule has 0 saturated carbocycles. The highest BCUT2D eigenvalue weighted by Crippen LogP contribution is 2.19. The number of hydrogen-bond acceptors (Lipinski definition) is 4. The molecule has 0 bridgehead atoms. The lowest BCUT2D eigenvalue weighted by Gasteiger charge is -2.27. The first-order chi connectivity index (χ1) is 10.8. The second-order valence-corrected chi connectivity index (χ2v) is 6.13. The molecule has 1 aromatic rings. The molecule has 1 atom stereocenters. The van der Waals surface area contributed by atoms with Crippen LogP contribution in [0.2, 0.25) is 0 Å². The molecule has 0 spiro atoms. The molecule has 1 amide bonds. The summed E-state index contributed by atoms with van der Waals surface area (Å²) < 4.78 is 10.2. The fourth-order valence-electron chi connectivity index (χ4n) is 2.38. The normalized spacial score (nSPS) is 13.3. The van der Waals surface area contributed by atoms with Crippen molar-refractivity contribution in [1.29, 1.82) is 0 Å². The maximum absolute atomic E-state index is 12.1. The highest BCUT2D eigenvalue weighted by Gasteiger charge is 2.35. The second kappa shape index (κ2) is 8.56. The van der Waals surface area contributed by atoms with Gasteiger partial charge in [-0.15, -0.1) is 0 Å². The summed E-state index contributed by atoms with van der Waals surface area (Å²) >= 11 is 0. The van der Waals surface area contributed by atoms with Crippen LogP contribution in [0.25, 0.3) is 0 Å². The fraction of sp³-hybridized carbons (Fsp3) is 0.556. The van der Waals surface area contributed by atoms with Crippen LogP contribution in [0.3, 0.4) is 0 Å². The summed E-state index contributed by atoms with van der Waals surface area (Å²) in [6.07, 6.45) is 1.26. The monoisotopic (exact) mass is 321 g/mol. The quantitative estimate of drug-likeness (QED) is 0.748. The number of carbonyl (C=O) groups is 2. The van der Waals surface area contributed by atoms with E-state index in [-0.39, 0.29) is 12.5 Å². The van der Waals surface area contributed by atoms with Gasteiger partial charge in [-0.25, -0.2) is 4.79 Å². The molecule has 5 heteroatoms. The summed E-state index contributed by atoms with van der Waals surface area (Å²) in [4.78, 5) is 23.9. The van der Waals surface area contributed by atoms with Crippen molar-refractivity contribution in [2.75, 3.05) is 13.7 Å². The van der Waals surface area contributed by atoms with E-state index in [0.29, 0.717) is 18.1 Å². The Kier molecular flexibility index (Phi) is 7.07. The van der Waals surface area contributed by atoms with Gasteiger partial charge >= 0.3 is 5.97 Å². The van der Waals surface area contributed by atoms with Crippen molar-refractivity contribution < 1.29 is 19.1 Å². The highest BCUT2D eigenvalue weighted by molar-refractivity contribution is 5.88. The van der Waals surface area contributed by atoms with E-state index in [1.54, 1.807) is 6.92 Å². The molecule has 0 heterocycles. The Morgan fingerprint density at radius 2 is 1.83 bits per heavy atom. The molecular weight excluding hydrogens is 294 g/mol. The van der Waals surface area contributed by atoms with Gasteiger partial charge in [0.1, 0.15) is 11.3 Å². The van der Waals surface area contributed by atoms with E-state index >= 15 is 0 Å². The van der Waals surface area contributed by atoms with E-state index in [0.717, 1.165) is 6.42 Å². The van der Waals surface area contributed by atoms with Crippen LogP contribution < -0.4 is 10.1 Å². The summed E-state index contributed by atoms with van der Waals surface area (Å²) in [5.74, 6) is 0.273. The summed E-state index contributed by atoms with van der Waals surface area (Å²) in [6.45, 7) is 7.70. The molecule has 0 fully saturated rings. The summed E-state index contributed by atoms with van der Waals surface area (Å²) in [5.41, 5.74) is 0.189. The molecule has 0 aliphatic carbocycles. The number of rotatable bonds is 8. The van der Waals surface area contributed by atoms with Gasteiger partial charge in [0.25, 0.3) is 5.91 Å². The zero-order valence-electron chi connectivity index (χ0n) is 14.6. The van der Waals surface area contributed by atoms with Crippen LogP contribution >= 0.6 is 0 Å². The number of ether oxygens (including phenoxy) is 2. The van der Waals surface area contributed by atoms with Crippen molar-refractivity contribution in [2.45, 2.75) is 52.0 Å². The van der Waals surface area contributed by atoms with Crippen molar-refractivity contribution in [3.05, 3.63) is 29.8 Å². The summed E-state index contributed by atoms with van der Waals surface area (Å²) in [5, 5.41) is 2.71. The predicted molar refractivity (Wildman–Crippen MR) is 89.5 cm³/mol. The van der Waals surface area contributed by atoms with Crippen molar-refractivity contribution in [3.8, 4) is 5.75 Å². The minimum Gasteiger partial charge on any atom is -0.484 e. The molecule has 0 saturated heterocycles. The molecule has 5 nitrogen and oxygen atoms in total. The van der Waals surface area contributed by atoms with Gasteiger partial charge in [0.2, 0.25) is 0 Å². The maximum Gasteiger partial charge on any atom is 0.331 e. The molecule has 1 aromatic carbocycles. The third kappa shape index (κ3) is 5.58. The third-order valence-corrected chi connectivity index (χ3v) is 3.72. The minimum atomic E-state index is -1.02. The molecule has 1 rings (SSSR count). The summed E-state index contributed by atoms with van der Waals surface area (Å²) in [6, 6.07) is 7.64. The molecular formula is C18H27NO4. The van der Waals surface area contributed by atoms with Crippen molar-refractivity contribution in [2.24, 2.45) is 0 Å². The van der Waals surface area contributed by atoms with Crippen molar-refractivity contribution >= 4 is 11.9 Å². The highest BCUT2D eigenvalue weighted by atomic mass is 16.5. The SMILES string of the molecule is CCCC(C)(NC(=O)COc1ccc(C(C)C)cc1)C(=O)OC. The van der Waals surface area contributed by atoms with Crippen LogP contribution in [0.4, 0.5) is 0 Å². The standard InChI is InChI=1S/C18H27NO4/c1-6-11-18(4,17(21)22-5)19-16(20)12-23-15-9-7-14(8-10-15)13(2)3/h7-10,13H,6,11-12H2,1-5H3,(H,19,20). The lowest BCUT2D eigenvalue weighted by atomic mass is 9.96. The van der Waals surface area contributed by atoms with Crippen molar-refractivity contribution in [3.63, 3.8) is 0 Å². The van der Waals surface area contributed by atoms with Crippen LogP contribution in [0, 0.1) is 0 Å². The molecule has 1 N–H and O–H groups in total. The number of carbonyl (C=O) groups excluding carboxylic acids is 2. The predicted octanol–water partition coefficient (Wildman–Crippen LogP) is 3.04. The number of methoxy groups -OCH3 is 1. The van der Waals surface area contributed by atoms with E-state index in [9.17, 15) is 9.59 Å². The summed E-state index contributed by atoms with van der Waals surface area (Å²) in [7, 11) is 1.31.